The number of ether oxygens (including phenoxy) is 2. The largest absolute Gasteiger partial charge is 0.490 e. The number of likely N-dealkylation sites (tertiary alicyclic amines) is 1. The Balaban J connectivity index is 1.21. The first-order valence-electron chi connectivity index (χ1n) is 17.4. The van der Waals surface area contributed by atoms with E-state index >= 15 is 0 Å². The minimum Gasteiger partial charge on any atom is -0.490 e. The molecule has 1 amide bonds. The fourth-order valence-corrected chi connectivity index (χ4v) is 9.49. The van der Waals surface area contributed by atoms with E-state index in [1.54, 1.807) is 11.0 Å². The molecule has 1 spiro atoms. The van der Waals surface area contributed by atoms with E-state index in [1.807, 2.05) is 32.0 Å². The molecule has 2 aromatic carbocycles. The number of amides is 1. The van der Waals surface area contributed by atoms with Gasteiger partial charge in [0.15, 0.2) is 0 Å². The number of alkyl halides is 2. The number of nitrogens with zero attached hydrogens (tertiary/aromatic N) is 2. The minimum atomic E-state index is -2.59. The van der Waals surface area contributed by atoms with Gasteiger partial charge in [-0.3, -0.25) is 14.4 Å². The smallest absolute Gasteiger partial charge is 0.272 e. The molecule has 3 aliphatic heterocycles. The van der Waals surface area contributed by atoms with Gasteiger partial charge in [0.2, 0.25) is 0 Å². The molecule has 3 heterocycles. The van der Waals surface area contributed by atoms with Crippen molar-refractivity contribution in [2.45, 2.75) is 75.1 Å². The standard InChI is InChI=1S/C37H46ClF2N3O4S/c1-24-5-3-7-33(46-16-15-42-21-37(39,40)22-42)30-11-8-28(30)19-43-20-36(14-4-6-26-17-29(38)10-12-31(26)36)23-47-34-13-9-27(18-32(34)43)35(44)41-48(45)25(24)2/h3,7,9-10,12-13,17-18,24-25,28,30,33H,4-6,8,11,14-16,19-23H2,1-2H3,(H,41,44)/b7-3+/t24?,25?,28?,30?,33?,36-,48?/m0/s1. The van der Waals surface area contributed by atoms with Gasteiger partial charge in [-0.15, -0.1) is 0 Å². The van der Waals surface area contributed by atoms with Crippen molar-refractivity contribution >= 4 is 34.2 Å². The predicted molar refractivity (Wildman–Crippen MR) is 186 cm³/mol. The Morgan fingerprint density at radius 3 is 2.73 bits per heavy atom. The SMILES string of the molecule is CC1C/C=C/C(OCCN2CC(F)(F)C2)C2CCC2CN2C[C@@]3(CCCc4cc(Cl)ccc43)COc3ccc(cc32)C(=O)NS(=O)C1C. The molecule has 7 atom stereocenters. The maximum Gasteiger partial charge on any atom is 0.272 e. The van der Waals surface area contributed by atoms with E-state index < -0.39 is 16.9 Å². The summed E-state index contributed by atoms with van der Waals surface area (Å²) in [7, 11) is -1.58. The summed E-state index contributed by atoms with van der Waals surface area (Å²) >= 11 is 6.44. The van der Waals surface area contributed by atoms with Crippen molar-refractivity contribution in [2.24, 2.45) is 17.8 Å². The number of carbonyl (C=O) groups excluding carboxylic acids is 1. The van der Waals surface area contributed by atoms with Gasteiger partial charge in [0.05, 0.1) is 43.3 Å². The lowest BCUT2D eigenvalue weighted by Crippen LogP contribution is -2.57. The van der Waals surface area contributed by atoms with E-state index in [2.05, 4.69) is 33.9 Å². The highest BCUT2D eigenvalue weighted by molar-refractivity contribution is 7.84. The monoisotopic (exact) mass is 701 g/mol. The first-order valence-corrected chi connectivity index (χ1v) is 19.0. The Bertz CT molecular complexity index is 1580. The fraction of sp³-hybridized carbons (Fsp3) is 0.595. The Morgan fingerprint density at radius 1 is 1.12 bits per heavy atom. The summed E-state index contributed by atoms with van der Waals surface area (Å²) in [6.07, 6.45) is 9.85. The number of rotatable bonds is 4. The molecule has 260 valence electrons. The highest BCUT2D eigenvalue weighted by atomic mass is 35.5. The number of hydrogen-bond donors (Lipinski definition) is 1. The van der Waals surface area contributed by atoms with Gasteiger partial charge in [0.25, 0.3) is 11.8 Å². The van der Waals surface area contributed by atoms with Gasteiger partial charge >= 0.3 is 0 Å². The van der Waals surface area contributed by atoms with Crippen LogP contribution in [0.25, 0.3) is 0 Å². The quantitative estimate of drug-likeness (QED) is 0.365. The zero-order chi connectivity index (χ0) is 33.6. The number of allylic oxidation sites excluding steroid dienone is 1. The molecule has 0 aromatic heterocycles. The van der Waals surface area contributed by atoms with Gasteiger partial charge in [0.1, 0.15) is 16.7 Å². The van der Waals surface area contributed by atoms with Gasteiger partial charge in [0, 0.05) is 35.6 Å². The Labute approximate surface area is 289 Å². The van der Waals surface area contributed by atoms with Crippen LogP contribution in [0, 0.1) is 17.8 Å². The number of nitrogens with one attached hydrogen (secondary N) is 1. The molecule has 48 heavy (non-hydrogen) atoms. The lowest BCUT2D eigenvalue weighted by molar-refractivity contribution is -0.138. The highest BCUT2D eigenvalue weighted by Gasteiger charge is 2.46. The number of halogens is 3. The second-order valence-electron chi connectivity index (χ2n) is 14.8. The average Bonchev–Trinajstić information content (AvgIpc) is 3.17. The summed E-state index contributed by atoms with van der Waals surface area (Å²) in [6.45, 7) is 6.42. The summed E-state index contributed by atoms with van der Waals surface area (Å²) in [5.41, 5.74) is 3.63. The highest BCUT2D eigenvalue weighted by Crippen LogP contribution is 2.47. The molecular weight excluding hydrogens is 656 g/mol. The number of hydrogen-bond acceptors (Lipinski definition) is 6. The lowest BCUT2D eigenvalue weighted by atomic mass is 9.68. The number of anilines is 1. The maximum absolute atomic E-state index is 13.5. The van der Waals surface area contributed by atoms with Gasteiger partial charge in [-0.2, -0.15) is 0 Å². The Hall–Kier alpha value is -2.53. The van der Waals surface area contributed by atoms with Crippen LogP contribution in [-0.2, 0) is 27.6 Å². The summed E-state index contributed by atoms with van der Waals surface area (Å²) in [5.74, 6) is -1.56. The molecule has 1 saturated carbocycles. The second kappa shape index (κ2) is 13.6. The molecule has 2 aromatic rings. The number of aryl methyl sites for hydroxylation is 1. The normalized spacial score (nSPS) is 34.0. The second-order valence-corrected chi connectivity index (χ2v) is 16.7. The van der Waals surface area contributed by atoms with Crippen LogP contribution in [0.4, 0.5) is 14.5 Å². The summed E-state index contributed by atoms with van der Waals surface area (Å²) in [6, 6.07) is 11.8. The lowest BCUT2D eigenvalue weighted by Gasteiger charge is -2.46. The topological polar surface area (TPSA) is 71.1 Å². The molecule has 6 unspecified atom stereocenters. The molecule has 7 rings (SSSR count). The van der Waals surface area contributed by atoms with Crippen molar-refractivity contribution in [2.75, 3.05) is 50.8 Å². The van der Waals surface area contributed by atoms with Crippen LogP contribution in [0.3, 0.4) is 0 Å². The average molecular weight is 702 g/mol. The van der Waals surface area contributed by atoms with E-state index in [0.29, 0.717) is 37.7 Å². The third-order valence-electron chi connectivity index (χ3n) is 11.4. The van der Waals surface area contributed by atoms with Crippen molar-refractivity contribution in [3.05, 3.63) is 70.3 Å². The maximum atomic E-state index is 13.5. The molecule has 2 fully saturated rings. The van der Waals surface area contributed by atoms with Gasteiger partial charge in [-0.25, -0.2) is 13.0 Å². The number of fused-ring (bicyclic) bond motifs is 4. The van der Waals surface area contributed by atoms with E-state index in [1.165, 1.54) is 11.1 Å². The van der Waals surface area contributed by atoms with E-state index in [0.717, 1.165) is 61.7 Å². The predicted octanol–water partition coefficient (Wildman–Crippen LogP) is 6.55. The van der Waals surface area contributed by atoms with E-state index in [-0.39, 0.29) is 47.6 Å². The first-order chi connectivity index (χ1) is 23.0. The third-order valence-corrected chi connectivity index (χ3v) is 13.2. The fourth-order valence-electron chi connectivity index (χ4n) is 8.27. The molecule has 7 nitrogen and oxygen atoms in total. The van der Waals surface area contributed by atoms with E-state index in [9.17, 15) is 17.8 Å². The van der Waals surface area contributed by atoms with Crippen LogP contribution in [0.2, 0.25) is 5.02 Å². The van der Waals surface area contributed by atoms with Crippen molar-refractivity contribution in [1.29, 1.82) is 0 Å². The van der Waals surface area contributed by atoms with Gasteiger partial charge in [-0.1, -0.05) is 36.7 Å². The van der Waals surface area contributed by atoms with Gasteiger partial charge in [-0.05, 0) is 105 Å². The van der Waals surface area contributed by atoms with Crippen LogP contribution in [0.1, 0.15) is 67.4 Å². The molecule has 0 radical (unpaired) electrons. The zero-order valence-electron chi connectivity index (χ0n) is 27.8. The third kappa shape index (κ3) is 6.92. The number of carbonyl (C=O) groups is 1. The van der Waals surface area contributed by atoms with Crippen LogP contribution in [-0.4, -0.2) is 78.2 Å². The molecule has 1 saturated heterocycles. The van der Waals surface area contributed by atoms with Crippen LogP contribution in [0.5, 0.6) is 5.75 Å². The molecule has 5 aliphatic rings. The van der Waals surface area contributed by atoms with Crippen LogP contribution in [0.15, 0.2) is 48.6 Å². The van der Waals surface area contributed by atoms with E-state index in [4.69, 9.17) is 21.1 Å². The number of benzene rings is 2. The van der Waals surface area contributed by atoms with Crippen LogP contribution < -0.4 is 14.4 Å². The van der Waals surface area contributed by atoms with Gasteiger partial charge < -0.3 is 14.4 Å². The van der Waals surface area contributed by atoms with Crippen molar-refractivity contribution in [3.63, 3.8) is 0 Å². The molecule has 11 heteroatoms. The molecule has 2 bridgehead atoms. The minimum absolute atomic E-state index is 0.0526. The van der Waals surface area contributed by atoms with Crippen LogP contribution >= 0.6 is 11.6 Å². The van der Waals surface area contributed by atoms with Crippen molar-refractivity contribution in [3.8, 4) is 5.75 Å². The molecule has 1 N–H and O–H groups in total. The summed E-state index contributed by atoms with van der Waals surface area (Å²) in [5, 5.41) is 0.473. The summed E-state index contributed by atoms with van der Waals surface area (Å²) < 4.78 is 56.1. The zero-order valence-corrected chi connectivity index (χ0v) is 29.3. The summed E-state index contributed by atoms with van der Waals surface area (Å²) in [4.78, 5) is 17.6. The Kier molecular flexibility index (Phi) is 9.65. The van der Waals surface area contributed by atoms with Crippen molar-refractivity contribution < 1.29 is 27.3 Å². The Morgan fingerprint density at radius 2 is 1.96 bits per heavy atom. The first kappa shape index (κ1) is 33.9. The molecular formula is C37H46ClF2N3O4S. The van der Waals surface area contributed by atoms with Crippen molar-refractivity contribution in [1.82, 2.24) is 9.62 Å². The molecule has 2 aliphatic carbocycles.